The van der Waals surface area contributed by atoms with E-state index in [2.05, 4.69) is 20.4 Å². The van der Waals surface area contributed by atoms with Gasteiger partial charge in [0, 0.05) is 5.56 Å². The minimum atomic E-state index is 0.605. The van der Waals surface area contributed by atoms with Crippen LogP contribution in [0.1, 0.15) is 5.69 Å². The molecule has 20 heavy (non-hydrogen) atoms. The van der Waals surface area contributed by atoms with E-state index in [-0.39, 0.29) is 0 Å². The molecule has 0 aliphatic rings. The monoisotopic (exact) mass is 282 g/mol. The number of nitrogens with one attached hydrogen (secondary N) is 1. The van der Waals surface area contributed by atoms with Crippen LogP contribution in [0.2, 0.25) is 5.02 Å². The van der Waals surface area contributed by atoms with Crippen molar-refractivity contribution in [2.24, 2.45) is 4.99 Å². The molecule has 1 aromatic heterocycles. The largest absolute Gasteiger partial charge is 0.253 e. The highest BCUT2D eigenvalue weighted by Gasteiger charge is 2.07. The highest BCUT2D eigenvalue weighted by molar-refractivity contribution is 6.33. The molecule has 0 spiro atoms. The molecular formula is C15H11ClN4. The van der Waals surface area contributed by atoms with Crippen LogP contribution >= 0.6 is 11.6 Å². The maximum absolute atomic E-state index is 6.06. The van der Waals surface area contributed by atoms with Gasteiger partial charge in [0.1, 0.15) is 11.4 Å². The van der Waals surface area contributed by atoms with Crippen LogP contribution in [0.15, 0.2) is 59.6 Å². The number of benzene rings is 2. The van der Waals surface area contributed by atoms with Gasteiger partial charge in [-0.15, -0.1) is 0 Å². The second-order valence-corrected chi connectivity index (χ2v) is 4.54. The molecule has 0 radical (unpaired) electrons. The predicted molar refractivity (Wildman–Crippen MR) is 80.5 cm³/mol. The Morgan fingerprint density at radius 2 is 1.70 bits per heavy atom. The van der Waals surface area contributed by atoms with Gasteiger partial charge in [0.15, 0.2) is 0 Å². The summed E-state index contributed by atoms with van der Waals surface area (Å²) in [6, 6.07) is 17.2. The maximum atomic E-state index is 6.06. The lowest BCUT2D eigenvalue weighted by atomic mass is 10.1. The Morgan fingerprint density at radius 1 is 0.950 bits per heavy atom. The Kier molecular flexibility index (Phi) is 3.56. The van der Waals surface area contributed by atoms with Gasteiger partial charge in [0.25, 0.3) is 0 Å². The molecule has 98 valence electrons. The van der Waals surface area contributed by atoms with Crippen molar-refractivity contribution in [1.82, 2.24) is 15.4 Å². The SMILES string of the molecule is Clc1ccccc1N=Cc1n[nH]nc1-c1ccccc1. The standard InChI is InChI=1S/C15H11ClN4/c16-12-8-4-5-9-13(12)17-10-14-15(19-20-18-14)11-6-2-1-3-7-11/h1-10H,(H,18,19,20). The van der Waals surface area contributed by atoms with Crippen molar-refractivity contribution in [2.75, 3.05) is 0 Å². The fourth-order valence-electron chi connectivity index (χ4n) is 1.82. The van der Waals surface area contributed by atoms with Crippen LogP contribution in [0, 0.1) is 0 Å². The molecule has 2 aromatic carbocycles. The fraction of sp³-hybridized carbons (Fsp3) is 0. The van der Waals surface area contributed by atoms with Gasteiger partial charge in [-0.2, -0.15) is 15.4 Å². The Labute approximate surface area is 121 Å². The number of para-hydroxylation sites is 1. The third-order valence-electron chi connectivity index (χ3n) is 2.80. The third kappa shape index (κ3) is 2.60. The molecule has 0 saturated heterocycles. The first kappa shape index (κ1) is 12.6. The second kappa shape index (κ2) is 5.67. The minimum absolute atomic E-state index is 0.605. The molecule has 0 atom stereocenters. The lowest BCUT2D eigenvalue weighted by Crippen LogP contribution is -1.86. The number of nitrogens with zero attached hydrogens (tertiary/aromatic N) is 3. The van der Waals surface area contributed by atoms with E-state index in [1.807, 2.05) is 48.5 Å². The highest BCUT2D eigenvalue weighted by atomic mass is 35.5. The summed E-state index contributed by atoms with van der Waals surface area (Å²) in [5.41, 5.74) is 3.13. The van der Waals surface area contributed by atoms with Gasteiger partial charge in [0.05, 0.1) is 16.9 Å². The Bertz CT molecular complexity index is 734. The molecule has 1 N–H and O–H groups in total. The molecule has 0 fully saturated rings. The first-order valence-electron chi connectivity index (χ1n) is 6.09. The summed E-state index contributed by atoms with van der Waals surface area (Å²) in [5, 5.41) is 11.5. The van der Waals surface area contributed by atoms with Gasteiger partial charge in [-0.1, -0.05) is 54.1 Å². The maximum Gasteiger partial charge on any atom is 0.131 e. The quantitative estimate of drug-likeness (QED) is 0.741. The van der Waals surface area contributed by atoms with E-state index in [9.17, 15) is 0 Å². The number of aromatic nitrogens is 3. The van der Waals surface area contributed by atoms with E-state index in [1.165, 1.54) is 0 Å². The normalized spacial score (nSPS) is 11.1. The van der Waals surface area contributed by atoms with E-state index < -0.39 is 0 Å². The number of rotatable bonds is 3. The summed E-state index contributed by atoms with van der Waals surface area (Å²) in [4.78, 5) is 4.35. The Balaban J connectivity index is 1.94. The molecule has 0 bridgehead atoms. The van der Waals surface area contributed by atoms with Crippen LogP contribution < -0.4 is 0 Å². The zero-order valence-electron chi connectivity index (χ0n) is 10.5. The molecule has 0 aliphatic heterocycles. The highest BCUT2D eigenvalue weighted by Crippen LogP contribution is 2.24. The van der Waals surface area contributed by atoms with E-state index >= 15 is 0 Å². The number of H-pyrrole nitrogens is 1. The van der Waals surface area contributed by atoms with E-state index in [0.717, 1.165) is 11.3 Å². The Hall–Kier alpha value is -2.46. The van der Waals surface area contributed by atoms with Gasteiger partial charge in [-0.3, -0.25) is 4.99 Å². The van der Waals surface area contributed by atoms with Crippen molar-refractivity contribution in [2.45, 2.75) is 0 Å². The van der Waals surface area contributed by atoms with Crippen molar-refractivity contribution in [3.8, 4) is 11.3 Å². The van der Waals surface area contributed by atoms with Gasteiger partial charge in [-0.05, 0) is 12.1 Å². The second-order valence-electron chi connectivity index (χ2n) is 4.13. The van der Waals surface area contributed by atoms with Gasteiger partial charge < -0.3 is 0 Å². The average molecular weight is 283 g/mol. The number of aliphatic imine (C=N–C) groups is 1. The molecular weight excluding hydrogens is 272 g/mol. The first-order valence-corrected chi connectivity index (χ1v) is 6.47. The van der Waals surface area contributed by atoms with E-state index in [0.29, 0.717) is 16.4 Å². The minimum Gasteiger partial charge on any atom is -0.253 e. The lowest BCUT2D eigenvalue weighted by Gasteiger charge is -1.97. The van der Waals surface area contributed by atoms with Gasteiger partial charge >= 0.3 is 0 Å². The Morgan fingerprint density at radius 3 is 2.50 bits per heavy atom. The summed E-state index contributed by atoms with van der Waals surface area (Å²) < 4.78 is 0. The molecule has 3 aromatic rings. The molecule has 4 nitrogen and oxygen atoms in total. The average Bonchev–Trinajstić information content (AvgIpc) is 2.96. The summed E-state index contributed by atoms with van der Waals surface area (Å²) in [5.74, 6) is 0. The molecule has 3 rings (SSSR count). The fourth-order valence-corrected chi connectivity index (χ4v) is 2.01. The van der Waals surface area contributed by atoms with Crippen LogP contribution in [-0.4, -0.2) is 21.6 Å². The molecule has 1 heterocycles. The van der Waals surface area contributed by atoms with Gasteiger partial charge in [0.2, 0.25) is 0 Å². The summed E-state index contributed by atoms with van der Waals surface area (Å²) in [6.07, 6.45) is 1.66. The summed E-state index contributed by atoms with van der Waals surface area (Å²) in [7, 11) is 0. The topological polar surface area (TPSA) is 53.9 Å². The molecule has 0 aliphatic carbocycles. The van der Waals surface area contributed by atoms with Crippen molar-refractivity contribution in [3.63, 3.8) is 0 Å². The van der Waals surface area contributed by atoms with Crippen LogP contribution in [0.3, 0.4) is 0 Å². The van der Waals surface area contributed by atoms with Crippen molar-refractivity contribution in [3.05, 3.63) is 65.3 Å². The number of halogens is 1. The molecule has 0 unspecified atom stereocenters. The molecule has 0 saturated carbocycles. The number of hydrogen-bond acceptors (Lipinski definition) is 3. The van der Waals surface area contributed by atoms with Crippen molar-refractivity contribution >= 4 is 23.5 Å². The van der Waals surface area contributed by atoms with Crippen LogP contribution in [0.5, 0.6) is 0 Å². The zero-order chi connectivity index (χ0) is 13.8. The van der Waals surface area contributed by atoms with E-state index in [4.69, 9.17) is 11.6 Å². The molecule has 0 amide bonds. The van der Waals surface area contributed by atoms with Crippen molar-refractivity contribution < 1.29 is 0 Å². The third-order valence-corrected chi connectivity index (χ3v) is 3.12. The zero-order valence-corrected chi connectivity index (χ0v) is 11.2. The number of aromatic amines is 1. The summed E-state index contributed by atoms with van der Waals surface area (Å²) in [6.45, 7) is 0. The number of hydrogen-bond donors (Lipinski definition) is 1. The van der Waals surface area contributed by atoms with E-state index in [1.54, 1.807) is 12.3 Å². The van der Waals surface area contributed by atoms with Crippen LogP contribution in [-0.2, 0) is 0 Å². The van der Waals surface area contributed by atoms with Crippen molar-refractivity contribution in [1.29, 1.82) is 0 Å². The molecule has 5 heteroatoms. The lowest BCUT2D eigenvalue weighted by molar-refractivity contribution is 0.940. The van der Waals surface area contributed by atoms with Crippen LogP contribution in [0.25, 0.3) is 11.3 Å². The van der Waals surface area contributed by atoms with Gasteiger partial charge in [-0.25, -0.2) is 0 Å². The first-order chi connectivity index (χ1) is 9.84. The predicted octanol–water partition coefficient (Wildman–Crippen LogP) is 3.88. The summed E-state index contributed by atoms with van der Waals surface area (Å²) >= 11 is 6.06. The smallest absolute Gasteiger partial charge is 0.131 e. The van der Waals surface area contributed by atoms with Crippen LogP contribution in [0.4, 0.5) is 5.69 Å².